The molecule has 0 radical (unpaired) electrons. The second-order valence-corrected chi connectivity index (χ2v) is 11.2. The van der Waals surface area contributed by atoms with Crippen LogP contribution in [-0.2, 0) is 22.4 Å². The van der Waals surface area contributed by atoms with E-state index in [1.807, 2.05) is 55.5 Å². The second kappa shape index (κ2) is 13.1. The van der Waals surface area contributed by atoms with Crippen molar-refractivity contribution in [3.8, 4) is 5.75 Å². The summed E-state index contributed by atoms with van der Waals surface area (Å²) >= 11 is 13.2. The number of aliphatic carboxylic acids is 1. The zero-order valence-corrected chi connectivity index (χ0v) is 23.1. The molecule has 1 aliphatic rings. The largest absolute Gasteiger partial charge is 0.494 e. The van der Waals surface area contributed by atoms with E-state index in [-0.39, 0.29) is 24.5 Å². The number of ether oxygens (including phenoxy) is 2. The van der Waals surface area contributed by atoms with Crippen LogP contribution in [0.1, 0.15) is 46.8 Å². The van der Waals surface area contributed by atoms with E-state index in [9.17, 15) is 9.59 Å². The lowest BCUT2D eigenvalue weighted by molar-refractivity contribution is -0.136. The molecule has 4 rings (SSSR count). The minimum Gasteiger partial charge on any atom is -0.494 e. The molecule has 0 saturated heterocycles. The van der Waals surface area contributed by atoms with Crippen LogP contribution in [0, 0.1) is 0 Å². The number of nitrogens with one attached hydrogen (secondary N) is 1. The highest BCUT2D eigenvalue weighted by Crippen LogP contribution is 2.31. The lowest BCUT2D eigenvalue weighted by Crippen LogP contribution is -2.25. The first kappa shape index (κ1) is 28.0. The highest BCUT2D eigenvalue weighted by molar-refractivity contribution is 7.20. The molecule has 0 spiro atoms. The maximum Gasteiger partial charge on any atom is 0.303 e. The van der Waals surface area contributed by atoms with Gasteiger partial charge in [-0.1, -0.05) is 47.5 Å². The monoisotopic (exact) mass is 574 g/mol. The van der Waals surface area contributed by atoms with Crippen molar-refractivity contribution in [1.29, 1.82) is 0 Å². The van der Waals surface area contributed by atoms with E-state index in [2.05, 4.69) is 5.32 Å². The Balaban J connectivity index is 1.36. The Morgan fingerprint density at radius 3 is 2.61 bits per heavy atom. The van der Waals surface area contributed by atoms with Crippen molar-refractivity contribution in [2.75, 3.05) is 13.2 Å². The summed E-state index contributed by atoms with van der Waals surface area (Å²) in [5, 5.41) is 12.0. The van der Waals surface area contributed by atoms with E-state index in [0.29, 0.717) is 58.3 Å². The summed E-state index contributed by atoms with van der Waals surface area (Å²) < 4.78 is 12.8. The van der Waals surface area contributed by atoms with Crippen LogP contribution in [0.5, 0.6) is 5.75 Å². The summed E-state index contributed by atoms with van der Waals surface area (Å²) in [6.45, 7) is 2.80. The Labute approximate surface area is 235 Å². The molecule has 2 heterocycles. The van der Waals surface area contributed by atoms with Gasteiger partial charge in [0.05, 0.1) is 22.5 Å². The van der Waals surface area contributed by atoms with Crippen molar-refractivity contribution >= 4 is 52.3 Å². The molecule has 2 N–H and O–H groups in total. The van der Waals surface area contributed by atoms with Gasteiger partial charge in [-0.25, -0.2) is 4.99 Å². The molecule has 0 saturated carbocycles. The average molecular weight is 576 g/mol. The predicted octanol–water partition coefficient (Wildman–Crippen LogP) is 6.05. The van der Waals surface area contributed by atoms with Gasteiger partial charge in [-0.2, -0.15) is 0 Å². The molecule has 0 bridgehead atoms. The number of benzene rings is 2. The normalized spacial score (nSPS) is 16.6. The van der Waals surface area contributed by atoms with E-state index in [0.717, 1.165) is 28.0 Å². The molecule has 2 aromatic carbocycles. The van der Waals surface area contributed by atoms with Crippen molar-refractivity contribution in [3.05, 3.63) is 85.5 Å². The molecule has 38 heavy (non-hydrogen) atoms. The van der Waals surface area contributed by atoms with Crippen LogP contribution in [0.25, 0.3) is 0 Å². The van der Waals surface area contributed by atoms with E-state index in [1.54, 1.807) is 6.07 Å². The van der Waals surface area contributed by atoms with Crippen LogP contribution in [0.4, 0.5) is 0 Å². The number of halogens is 2. The fraction of sp³-hybridized carbons (Fsp3) is 0.321. The average Bonchev–Trinajstić information content (AvgIpc) is 3.44. The summed E-state index contributed by atoms with van der Waals surface area (Å²) in [7, 11) is 0. The number of aliphatic imine (C=N–C) groups is 1. The van der Waals surface area contributed by atoms with Crippen molar-refractivity contribution in [2.45, 2.75) is 44.8 Å². The second-order valence-electron chi connectivity index (χ2n) is 8.90. The molecule has 3 aromatic rings. The Kier molecular flexibility index (Phi) is 9.66. The highest BCUT2D eigenvalue weighted by atomic mass is 35.5. The number of hydrogen-bond acceptors (Lipinski definition) is 6. The van der Waals surface area contributed by atoms with Crippen molar-refractivity contribution in [3.63, 3.8) is 0 Å². The van der Waals surface area contributed by atoms with Crippen LogP contribution in [0.15, 0.2) is 59.6 Å². The third-order valence-electron chi connectivity index (χ3n) is 6.19. The number of amides is 1. The van der Waals surface area contributed by atoms with Crippen molar-refractivity contribution in [1.82, 2.24) is 5.32 Å². The molecule has 2 unspecified atom stereocenters. The number of nitrogens with zero attached hydrogens (tertiary/aromatic N) is 1. The van der Waals surface area contributed by atoms with Gasteiger partial charge in [0.1, 0.15) is 16.2 Å². The quantitative estimate of drug-likeness (QED) is 0.274. The van der Waals surface area contributed by atoms with Gasteiger partial charge in [0, 0.05) is 24.9 Å². The Bertz CT molecular complexity index is 1310. The van der Waals surface area contributed by atoms with Crippen LogP contribution < -0.4 is 10.1 Å². The number of aryl methyl sites for hydroxylation is 1. The van der Waals surface area contributed by atoms with E-state index < -0.39 is 5.97 Å². The van der Waals surface area contributed by atoms with E-state index in [4.69, 9.17) is 42.8 Å². The topological polar surface area (TPSA) is 97.2 Å². The number of rotatable bonds is 12. The van der Waals surface area contributed by atoms with Gasteiger partial charge in [-0.05, 0) is 61.2 Å². The molecule has 200 valence electrons. The molecule has 0 aliphatic carbocycles. The molecule has 10 heteroatoms. The zero-order valence-electron chi connectivity index (χ0n) is 20.8. The SMILES string of the molecule is CC1OC(c2ccccc2)=NC1CCOc1ccc(CCC(=O)O)c(CCNC(=O)c2cc(Cl)sc2Cl)c1. The smallest absolute Gasteiger partial charge is 0.303 e. The van der Waals surface area contributed by atoms with Gasteiger partial charge >= 0.3 is 5.97 Å². The van der Waals surface area contributed by atoms with Gasteiger partial charge in [0.2, 0.25) is 5.90 Å². The van der Waals surface area contributed by atoms with Crippen LogP contribution in [-0.4, -0.2) is 48.2 Å². The number of hydrogen-bond donors (Lipinski definition) is 2. The van der Waals surface area contributed by atoms with Gasteiger partial charge in [-0.15, -0.1) is 11.3 Å². The minimum absolute atomic E-state index is 0.00726. The van der Waals surface area contributed by atoms with E-state index >= 15 is 0 Å². The lowest BCUT2D eigenvalue weighted by atomic mass is 10.00. The van der Waals surface area contributed by atoms with Crippen molar-refractivity contribution in [2.24, 2.45) is 4.99 Å². The summed E-state index contributed by atoms with van der Waals surface area (Å²) in [5.41, 5.74) is 3.12. The zero-order chi connectivity index (χ0) is 27.1. The molecule has 1 amide bonds. The number of carbonyl (C=O) groups excluding carboxylic acids is 1. The molecule has 0 fully saturated rings. The van der Waals surface area contributed by atoms with E-state index in [1.165, 1.54) is 0 Å². The molecule has 1 aromatic heterocycles. The molecular formula is C28H28Cl2N2O5S. The number of carboxylic acids is 1. The first-order valence-corrected chi connectivity index (χ1v) is 13.9. The maximum atomic E-state index is 12.5. The standard InChI is InChI=1S/C28H28Cl2N2O5S/c1-17-23(32-28(37-17)19-5-3-2-4-6-19)12-14-36-21-9-7-18(8-10-25(33)34)20(15-21)11-13-31-27(35)22-16-24(29)38-26(22)30/h2-7,9,15-17,23H,8,10-14H2,1H3,(H,31,35)(H,33,34). The van der Waals surface area contributed by atoms with Crippen molar-refractivity contribution < 1.29 is 24.2 Å². The van der Waals surface area contributed by atoms with Crippen LogP contribution >= 0.6 is 34.5 Å². The predicted molar refractivity (Wildman–Crippen MR) is 150 cm³/mol. The summed E-state index contributed by atoms with van der Waals surface area (Å²) in [4.78, 5) is 28.3. The van der Waals surface area contributed by atoms with Crippen LogP contribution in [0.3, 0.4) is 0 Å². The minimum atomic E-state index is -0.864. The molecule has 2 atom stereocenters. The van der Waals surface area contributed by atoms with Gasteiger partial charge in [0.25, 0.3) is 5.91 Å². The summed E-state index contributed by atoms with van der Waals surface area (Å²) in [6, 6.07) is 17.0. The Morgan fingerprint density at radius 2 is 1.89 bits per heavy atom. The molecule has 1 aliphatic heterocycles. The Morgan fingerprint density at radius 1 is 1.11 bits per heavy atom. The fourth-order valence-corrected chi connectivity index (χ4v) is 5.63. The first-order chi connectivity index (χ1) is 18.3. The fourth-order valence-electron chi connectivity index (χ4n) is 4.17. The van der Waals surface area contributed by atoms with Gasteiger partial charge in [-0.3, -0.25) is 9.59 Å². The van der Waals surface area contributed by atoms with Gasteiger partial charge in [0.15, 0.2) is 0 Å². The molecular weight excluding hydrogens is 547 g/mol. The van der Waals surface area contributed by atoms with Gasteiger partial charge < -0.3 is 19.9 Å². The third kappa shape index (κ3) is 7.49. The molecule has 7 nitrogen and oxygen atoms in total. The number of carboxylic acid groups (broad SMARTS) is 1. The summed E-state index contributed by atoms with van der Waals surface area (Å²) in [6.07, 6.45) is 1.56. The van der Waals surface area contributed by atoms with Crippen LogP contribution in [0.2, 0.25) is 8.67 Å². The third-order valence-corrected chi connectivity index (χ3v) is 7.68. The highest BCUT2D eigenvalue weighted by Gasteiger charge is 2.27. The number of carbonyl (C=O) groups is 2. The first-order valence-electron chi connectivity index (χ1n) is 12.3. The summed E-state index contributed by atoms with van der Waals surface area (Å²) in [5.74, 6) is 0.163. The lowest BCUT2D eigenvalue weighted by Gasteiger charge is -2.15. The maximum absolute atomic E-state index is 12.5. The Hall–Kier alpha value is -3.07. The number of thiophene rings is 1.